The maximum atomic E-state index is 13.2. The minimum Gasteiger partial charge on any atom is -0.322 e. The second-order valence-electron chi connectivity index (χ2n) is 6.08. The van der Waals surface area contributed by atoms with Crippen molar-refractivity contribution in [3.8, 4) is 0 Å². The highest BCUT2D eigenvalue weighted by Gasteiger charge is 2.17. The molecule has 2 N–H and O–H groups in total. The van der Waals surface area contributed by atoms with E-state index in [9.17, 15) is 17.6 Å². The highest BCUT2D eigenvalue weighted by atomic mass is 35.5. The normalized spacial score (nSPS) is 11.1. The number of halogens is 2. The van der Waals surface area contributed by atoms with Gasteiger partial charge in [-0.2, -0.15) is 0 Å². The summed E-state index contributed by atoms with van der Waals surface area (Å²) in [5.74, 6) is -0.975. The van der Waals surface area contributed by atoms with Gasteiger partial charge in [-0.25, -0.2) is 12.8 Å². The van der Waals surface area contributed by atoms with Crippen LogP contribution in [-0.2, 0) is 10.0 Å². The Hall–Kier alpha value is -2.90. The number of amides is 1. The lowest BCUT2D eigenvalue weighted by Crippen LogP contribution is -2.15. The summed E-state index contributed by atoms with van der Waals surface area (Å²) in [4.78, 5) is 12.4. The second kappa shape index (κ2) is 8.00. The van der Waals surface area contributed by atoms with Gasteiger partial charge in [-0.3, -0.25) is 9.52 Å². The van der Waals surface area contributed by atoms with Crippen LogP contribution in [0.2, 0.25) is 5.02 Å². The smallest absolute Gasteiger partial charge is 0.261 e. The largest absolute Gasteiger partial charge is 0.322 e. The van der Waals surface area contributed by atoms with E-state index in [1.165, 1.54) is 48.5 Å². The average molecular weight is 419 g/mol. The third-order valence-corrected chi connectivity index (χ3v) is 5.58. The van der Waals surface area contributed by atoms with Crippen LogP contribution < -0.4 is 10.0 Å². The van der Waals surface area contributed by atoms with E-state index in [1.807, 2.05) is 6.92 Å². The number of carbonyl (C=O) groups is 1. The molecule has 0 saturated carbocycles. The summed E-state index contributed by atoms with van der Waals surface area (Å²) < 4.78 is 40.6. The number of anilines is 2. The first-order valence-corrected chi connectivity index (χ1v) is 10.1. The summed E-state index contributed by atoms with van der Waals surface area (Å²) in [6.07, 6.45) is 0. The quantitative estimate of drug-likeness (QED) is 0.622. The van der Waals surface area contributed by atoms with Crippen LogP contribution in [0.5, 0.6) is 0 Å². The molecule has 0 bridgehead atoms. The Balaban J connectivity index is 1.78. The van der Waals surface area contributed by atoms with Crippen molar-refractivity contribution in [3.63, 3.8) is 0 Å². The van der Waals surface area contributed by atoms with Crippen molar-refractivity contribution in [2.24, 2.45) is 0 Å². The van der Waals surface area contributed by atoms with Crippen LogP contribution in [0.25, 0.3) is 0 Å². The van der Waals surface area contributed by atoms with Crippen LogP contribution in [-0.4, -0.2) is 14.3 Å². The number of sulfonamides is 1. The first-order valence-electron chi connectivity index (χ1n) is 8.20. The van der Waals surface area contributed by atoms with Gasteiger partial charge in [-0.1, -0.05) is 35.4 Å². The minimum atomic E-state index is -3.82. The van der Waals surface area contributed by atoms with Crippen LogP contribution >= 0.6 is 11.6 Å². The van der Waals surface area contributed by atoms with Crippen LogP contribution in [0.15, 0.2) is 71.6 Å². The molecule has 0 fully saturated rings. The van der Waals surface area contributed by atoms with Gasteiger partial charge >= 0.3 is 0 Å². The first-order chi connectivity index (χ1) is 13.2. The van der Waals surface area contributed by atoms with Gasteiger partial charge in [-0.15, -0.1) is 0 Å². The van der Waals surface area contributed by atoms with Crippen molar-refractivity contribution in [1.82, 2.24) is 0 Å². The van der Waals surface area contributed by atoms with E-state index in [4.69, 9.17) is 11.6 Å². The molecule has 0 aromatic heterocycles. The maximum absolute atomic E-state index is 13.2. The Kier molecular flexibility index (Phi) is 5.67. The maximum Gasteiger partial charge on any atom is 0.261 e. The zero-order valence-electron chi connectivity index (χ0n) is 14.7. The van der Waals surface area contributed by atoms with Gasteiger partial charge < -0.3 is 5.32 Å². The lowest BCUT2D eigenvalue weighted by Gasteiger charge is -2.11. The molecule has 3 aromatic rings. The van der Waals surface area contributed by atoms with Gasteiger partial charge in [0.05, 0.1) is 15.6 Å². The van der Waals surface area contributed by atoms with Crippen LogP contribution in [0.4, 0.5) is 15.8 Å². The monoisotopic (exact) mass is 418 g/mol. The Bertz CT molecular complexity index is 1130. The zero-order valence-corrected chi connectivity index (χ0v) is 16.3. The number of carbonyl (C=O) groups excluding carboxylic acids is 1. The number of hydrogen-bond acceptors (Lipinski definition) is 3. The highest BCUT2D eigenvalue weighted by molar-refractivity contribution is 7.92. The molecule has 1 amide bonds. The van der Waals surface area contributed by atoms with Gasteiger partial charge in [-0.05, 0) is 55.5 Å². The molecular formula is C20H16ClFN2O3S. The lowest BCUT2D eigenvalue weighted by molar-refractivity contribution is 0.102. The fourth-order valence-corrected chi connectivity index (χ4v) is 3.79. The molecule has 0 atom stereocenters. The van der Waals surface area contributed by atoms with Crippen LogP contribution in [0.1, 0.15) is 15.9 Å². The molecule has 0 aliphatic carbocycles. The molecule has 8 heteroatoms. The molecule has 3 rings (SSSR count). The molecule has 28 heavy (non-hydrogen) atoms. The molecule has 0 spiro atoms. The molecule has 0 aliphatic heterocycles. The van der Waals surface area contributed by atoms with E-state index < -0.39 is 21.7 Å². The Labute approximate surface area is 167 Å². The number of rotatable bonds is 5. The van der Waals surface area contributed by atoms with Crippen molar-refractivity contribution in [3.05, 3.63) is 88.7 Å². The average Bonchev–Trinajstić information content (AvgIpc) is 2.63. The van der Waals surface area contributed by atoms with Gasteiger partial charge in [0.15, 0.2) is 0 Å². The van der Waals surface area contributed by atoms with Gasteiger partial charge in [0.1, 0.15) is 5.82 Å². The predicted octanol–water partition coefficient (Wildman–Crippen LogP) is 4.84. The second-order valence-corrected chi connectivity index (χ2v) is 8.17. The SMILES string of the molecule is Cc1ccc(S(=O)(=O)Nc2ccc(C(=O)Nc3cccc(F)c3)cc2Cl)cc1. The Morgan fingerprint density at radius 3 is 2.36 bits per heavy atom. The molecule has 0 saturated heterocycles. The predicted molar refractivity (Wildman–Crippen MR) is 108 cm³/mol. The number of benzene rings is 3. The van der Waals surface area contributed by atoms with Crippen molar-refractivity contribution in [1.29, 1.82) is 0 Å². The van der Waals surface area contributed by atoms with Gasteiger partial charge in [0, 0.05) is 11.3 Å². The van der Waals surface area contributed by atoms with E-state index in [0.29, 0.717) is 5.69 Å². The molecule has 0 radical (unpaired) electrons. The lowest BCUT2D eigenvalue weighted by atomic mass is 10.2. The first kappa shape index (κ1) is 19.9. The van der Waals surface area contributed by atoms with Crippen LogP contribution in [0, 0.1) is 12.7 Å². The van der Waals surface area contributed by atoms with Crippen molar-refractivity contribution in [2.75, 3.05) is 10.0 Å². The van der Waals surface area contributed by atoms with E-state index in [0.717, 1.165) is 5.56 Å². The summed E-state index contributed by atoms with van der Waals surface area (Å²) in [7, 11) is -3.82. The van der Waals surface area contributed by atoms with Crippen molar-refractivity contribution >= 4 is 38.9 Å². The third-order valence-electron chi connectivity index (χ3n) is 3.89. The molecule has 0 unspecified atom stereocenters. The highest BCUT2D eigenvalue weighted by Crippen LogP contribution is 2.26. The third kappa shape index (κ3) is 4.68. The van der Waals surface area contributed by atoms with Gasteiger partial charge in [0.25, 0.3) is 15.9 Å². The van der Waals surface area contributed by atoms with Crippen LogP contribution in [0.3, 0.4) is 0 Å². The van der Waals surface area contributed by atoms with Crippen molar-refractivity contribution < 1.29 is 17.6 Å². The van der Waals surface area contributed by atoms with E-state index in [-0.39, 0.29) is 21.2 Å². The fraction of sp³-hybridized carbons (Fsp3) is 0.0500. The number of nitrogens with one attached hydrogen (secondary N) is 2. The summed E-state index contributed by atoms with van der Waals surface area (Å²) in [5.41, 5.74) is 1.58. The molecule has 144 valence electrons. The molecule has 5 nitrogen and oxygen atoms in total. The summed E-state index contributed by atoms with van der Waals surface area (Å²) in [5, 5.41) is 2.61. The standard InChI is InChI=1S/C20H16ClFN2O3S/c1-13-5-8-17(9-6-13)28(26,27)24-19-10-7-14(11-18(19)21)20(25)23-16-4-2-3-15(22)12-16/h2-12,24H,1H3,(H,23,25). The van der Waals surface area contributed by atoms with Crippen molar-refractivity contribution in [2.45, 2.75) is 11.8 Å². The molecule has 3 aromatic carbocycles. The van der Waals surface area contributed by atoms with Gasteiger partial charge in [0.2, 0.25) is 0 Å². The minimum absolute atomic E-state index is 0.0579. The molecule has 0 aliphatic rings. The molecular weight excluding hydrogens is 403 g/mol. The summed E-state index contributed by atoms with van der Waals surface area (Å²) in [6, 6.07) is 16.0. The fourth-order valence-electron chi connectivity index (χ4n) is 2.43. The van der Waals surface area contributed by atoms with E-state index in [1.54, 1.807) is 18.2 Å². The van der Waals surface area contributed by atoms with E-state index >= 15 is 0 Å². The number of aryl methyl sites for hydroxylation is 1. The van der Waals surface area contributed by atoms with E-state index in [2.05, 4.69) is 10.0 Å². The topological polar surface area (TPSA) is 75.3 Å². The Morgan fingerprint density at radius 1 is 1.00 bits per heavy atom. The summed E-state index contributed by atoms with van der Waals surface area (Å²) >= 11 is 6.15. The summed E-state index contributed by atoms with van der Waals surface area (Å²) in [6.45, 7) is 1.86. The molecule has 0 heterocycles. The Morgan fingerprint density at radius 2 is 1.71 bits per heavy atom. The number of hydrogen-bond donors (Lipinski definition) is 2. The zero-order chi connectivity index (χ0) is 20.3.